The Kier molecular flexibility index (Phi) is 3.77. The third kappa shape index (κ3) is 2.51. The first-order valence-corrected chi connectivity index (χ1v) is 9.80. The van der Waals surface area contributed by atoms with E-state index in [1.54, 1.807) is 28.2 Å². The summed E-state index contributed by atoms with van der Waals surface area (Å²) in [5.41, 5.74) is 13.0. The van der Waals surface area contributed by atoms with E-state index in [1.165, 1.54) is 11.4 Å². The number of nitrogen functional groups attached to an aromatic ring is 1. The Morgan fingerprint density at radius 1 is 0.964 bits per heavy atom. The van der Waals surface area contributed by atoms with E-state index in [4.69, 9.17) is 10.8 Å². The predicted octanol–water partition coefficient (Wildman–Crippen LogP) is 4.51. The summed E-state index contributed by atoms with van der Waals surface area (Å²) in [6, 6.07) is 14.1. The van der Waals surface area contributed by atoms with Gasteiger partial charge in [0.05, 0.1) is 21.8 Å². The number of nitrogens with zero attached hydrogens (tertiary/aromatic N) is 5. The van der Waals surface area contributed by atoms with Crippen LogP contribution in [0.2, 0.25) is 0 Å². The lowest BCUT2D eigenvalue weighted by Gasteiger charge is -2.09. The molecule has 0 aliphatic carbocycles. The van der Waals surface area contributed by atoms with Crippen molar-refractivity contribution in [3.8, 4) is 27.5 Å². The molecule has 6 nitrogen and oxygen atoms in total. The summed E-state index contributed by atoms with van der Waals surface area (Å²) < 4.78 is 3.93. The van der Waals surface area contributed by atoms with Crippen LogP contribution < -0.4 is 5.73 Å². The van der Waals surface area contributed by atoms with Crippen LogP contribution >= 0.6 is 11.3 Å². The molecule has 5 aromatic rings. The fourth-order valence-electron chi connectivity index (χ4n) is 3.50. The zero-order valence-corrected chi connectivity index (χ0v) is 16.3. The van der Waals surface area contributed by atoms with E-state index in [1.807, 2.05) is 24.3 Å². The van der Waals surface area contributed by atoms with Gasteiger partial charge in [-0.1, -0.05) is 6.07 Å². The number of thiophene rings is 1. The van der Waals surface area contributed by atoms with Crippen molar-refractivity contribution in [3.63, 3.8) is 0 Å². The van der Waals surface area contributed by atoms with Crippen LogP contribution in [0.15, 0.2) is 60.2 Å². The van der Waals surface area contributed by atoms with E-state index in [-0.39, 0.29) is 0 Å². The molecule has 0 aliphatic rings. The largest absolute Gasteiger partial charge is 0.383 e. The SMILES string of the molecule is Cc1ccc(C)n1-c1ccsc1-c1cc2ncc(-c3ccccn3)c(N)n2n1. The number of aryl methyl sites for hydroxylation is 2. The molecule has 5 heterocycles. The van der Waals surface area contributed by atoms with Crippen molar-refractivity contribution in [2.75, 3.05) is 5.73 Å². The number of hydrogen-bond acceptors (Lipinski definition) is 5. The molecule has 0 amide bonds. The maximum Gasteiger partial charge on any atom is 0.157 e. The lowest BCUT2D eigenvalue weighted by atomic mass is 10.2. The Labute approximate surface area is 165 Å². The Balaban J connectivity index is 1.67. The van der Waals surface area contributed by atoms with Crippen LogP contribution in [0, 0.1) is 13.8 Å². The second kappa shape index (κ2) is 6.31. The third-order valence-corrected chi connectivity index (χ3v) is 5.78. The summed E-state index contributed by atoms with van der Waals surface area (Å²) in [5.74, 6) is 0.529. The summed E-state index contributed by atoms with van der Waals surface area (Å²) in [7, 11) is 0. The van der Waals surface area contributed by atoms with Gasteiger partial charge in [0.15, 0.2) is 5.65 Å². The fraction of sp³-hybridized carbons (Fsp3) is 0.0952. The molecule has 0 unspecified atom stereocenters. The maximum absolute atomic E-state index is 6.42. The van der Waals surface area contributed by atoms with Gasteiger partial charge >= 0.3 is 0 Å². The van der Waals surface area contributed by atoms with Crippen molar-refractivity contribution >= 4 is 22.8 Å². The van der Waals surface area contributed by atoms with Crippen LogP contribution in [0.25, 0.3) is 33.2 Å². The molecule has 0 saturated heterocycles. The third-order valence-electron chi connectivity index (χ3n) is 4.85. The monoisotopic (exact) mass is 386 g/mol. The molecule has 2 N–H and O–H groups in total. The van der Waals surface area contributed by atoms with Gasteiger partial charge in [0.2, 0.25) is 0 Å². The van der Waals surface area contributed by atoms with Crippen molar-refractivity contribution in [1.82, 2.24) is 24.1 Å². The van der Waals surface area contributed by atoms with Crippen LogP contribution in [0.5, 0.6) is 0 Å². The first kappa shape index (κ1) is 16.7. The molecule has 0 fully saturated rings. The van der Waals surface area contributed by atoms with Gasteiger partial charge in [-0.15, -0.1) is 11.3 Å². The highest BCUT2D eigenvalue weighted by Gasteiger charge is 2.17. The number of anilines is 1. The van der Waals surface area contributed by atoms with Crippen LogP contribution in [0.4, 0.5) is 5.82 Å². The number of fused-ring (bicyclic) bond motifs is 1. The Morgan fingerprint density at radius 2 is 1.79 bits per heavy atom. The Bertz CT molecular complexity index is 1280. The number of hydrogen-bond donors (Lipinski definition) is 1. The highest BCUT2D eigenvalue weighted by molar-refractivity contribution is 7.14. The van der Waals surface area contributed by atoms with Gasteiger partial charge in [0.25, 0.3) is 0 Å². The molecule has 0 aliphatic heterocycles. The lowest BCUT2D eigenvalue weighted by molar-refractivity contribution is 0.949. The second-order valence-electron chi connectivity index (χ2n) is 6.66. The highest BCUT2D eigenvalue weighted by atomic mass is 32.1. The highest BCUT2D eigenvalue weighted by Crippen LogP contribution is 2.34. The van der Waals surface area contributed by atoms with Crippen LogP contribution in [-0.4, -0.2) is 24.1 Å². The Morgan fingerprint density at radius 3 is 2.54 bits per heavy atom. The number of pyridine rings is 1. The molecule has 0 spiro atoms. The molecule has 5 aromatic heterocycles. The molecule has 0 atom stereocenters. The van der Waals surface area contributed by atoms with E-state index in [9.17, 15) is 0 Å². The van der Waals surface area contributed by atoms with Gasteiger partial charge in [0, 0.05) is 29.8 Å². The molecule has 138 valence electrons. The number of rotatable bonds is 3. The van der Waals surface area contributed by atoms with Gasteiger partial charge in [-0.25, -0.2) is 4.98 Å². The van der Waals surface area contributed by atoms with Crippen molar-refractivity contribution < 1.29 is 0 Å². The van der Waals surface area contributed by atoms with Crippen molar-refractivity contribution in [3.05, 3.63) is 71.6 Å². The number of aromatic nitrogens is 5. The first-order chi connectivity index (χ1) is 13.6. The fourth-order valence-corrected chi connectivity index (χ4v) is 4.33. The molecule has 0 aromatic carbocycles. The summed E-state index contributed by atoms with van der Waals surface area (Å²) in [6.07, 6.45) is 3.50. The second-order valence-corrected chi connectivity index (χ2v) is 7.57. The normalized spacial score (nSPS) is 11.4. The first-order valence-electron chi connectivity index (χ1n) is 8.92. The summed E-state index contributed by atoms with van der Waals surface area (Å²) in [6.45, 7) is 4.22. The van der Waals surface area contributed by atoms with E-state index in [0.29, 0.717) is 11.5 Å². The predicted molar refractivity (Wildman–Crippen MR) is 113 cm³/mol. The van der Waals surface area contributed by atoms with Crippen LogP contribution in [-0.2, 0) is 0 Å². The van der Waals surface area contributed by atoms with Gasteiger partial charge in [-0.2, -0.15) is 9.61 Å². The average molecular weight is 386 g/mol. The zero-order chi connectivity index (χ0) is 19.3. The molecular formula is C21H18N6S. The zero-order valence-electron chi connectivity index (χ0n) is 15.5. The van der Waals surface area contributed by atoms with Gasteiger partial charge in [0.1, 0.15) is 11.5 Å². The maximum atomic E-state index is 6.42. The van der Waals surface area contributed by atoms with Gasteiger partial charge in [-0.05, 0) is 49.6 Å². The smallest absolute Gasteiger partial charge is 0.157 e. The summed E-state index contributed by atoms with van der Waals surface area (Å²) >= 11 is 1.66. The molecule has 0 saturated carbocycles. The summed E-state index contributed by atoms with van der Waals surface area (Å²) in [4.78, 5) is 10.0. The quantitative estimate of drug-likeness (QED) is 0.495. The Hall–Kier alpha value is -3.45. The lowest BCUT2D eigenvalue weighted by Crippen LogP contribution is -2.03. The van der Waals surface area contributed by atoms with E-state index in [0.717, 1.165) is 27.5 Å². The van der Waals surface area contributed by atoms with E-state index >= 15 is 0 Å². The van der Waals surface area contributed by atoms with E-state index in [2.05, 4.69) is 52.0 Å². The molecule has 0 bridgehead atoms. The van der Waals surface area contributed by atoms with Crippen LogP contribution in [0.3, 0.4) is 0 Å². The molecule has 7 heteroatoms. The van der Waals surface area contributed by atoms with Crippen molar-refractivity contribution in [1.29, 1.82) is 0 Å². The molecule has 28 heavy (non-hydrogen) atoms. The minimum atomic E-state index is 0.529. The minimum absolute atomic E-state index is 0.529. The van der Waals surface area contributed by atoms with E-state index < -0.39 is 0 Å². The number of nitrogens with two attached hydrogens (primary N) is 1. The van der Waals surface area contributed by atoms with Crippen LogP contribution in [0.1, 0.15) is 11.4 Å². The molecule has 0 radical (unpaired) electrons. The van der Waals surface area contributed by atoms with Crippen molar-refractivity contribution in [2.24, 2.45) is 0 Å². The average Bonchev–Trinajstić information content (AvgIpc) is 3.41. The standard InChI is InChI=1S/C21H18N6S/c1-13-6-7-14(2)26(13)18-8-10-28-20(18)17-11-19-24-12-15(21(22)27(19)25-17)16-5-3-4-9-23-16/h3-12H,22H2,1-2H3. The van der Waals surface area contributed by atoms with Crippen molar-refractivity contribution in [2.45, 2.75) is 13.8 Å². The molecule has 5 rings (SSSR count). The van der Waals surface area contributed by atoms with Gasteiger partial charge < -0.3 is 10.3 Å². The minimum Gasteiger partial charge on any atom is -0.383 e. The summed E-state index contributed by atoms with van der Waals surface area (Å²) in [5, 5.41) is 6.86. The van der Waals surface area contributed by atoms with Gasteiger partial charge in [-0.3, -0.25) is 4.98 Å². The molecular weight excluding hydrogens is 368 g/mol. The topological polar surface area (TPSA) is 74.0 Å².